The molecule has 2 nitrogen and oxygen atoms in total. The van der Waals surface area contributed by atoms with Gasteiger partial charge < -0.3 is 4.74 Å². The predicted octanol–water partition coefficient (Wildman–Crippen LogP) is 5.81. The molecule has 2 rings (SSSR count). The zero-order valence-corrected chi connectivity index (χ0v) is 14.1. The van der Waals surface area contributed by atoms with Gasteiger partial charge in [0.25, 0.3) is 0 Å². The molecule has 0 saturated heterocycles. The lowest BCUT2D eigenvalue weighted by Gasteiger charge is -2.16. The zero-order chi connectivity index (χ0) is 18.3. The number of ketones is 1. The van der Waals surface area contributed by atoms with Gasteiger partial charge in [-0.25, -0.2) is 0 Å². The summed E-state index contributed by atoms with van der Waals surface area (Å²) in [5.41, 5.74) is 1.10. The summed E-state index contributed by atoms with van der Waals surface area (Å²) in [6.45, 7) is 2.01. The van der Waals surface area contributed by atoms with E-state index in [-0.39, 0.29) is 30.8 Å². The number of halogens is 3. The second-order valence-electron chi connectivity index (χ2n) is 5.84. The van der Waals surface area contributed by atoms with Crippen molar-refractivity contribution in [2.45, 2.75) is 38.8 Å². The van der Waals surface area contributed by atoms with Crippen LogP contribution in [-0.4, -0.2) is 18.6 Å². The molecule has 0 amide bonds. The molecule has 1 heterocycles. The van der Waals surface area contributed by atoms with E-state index in [1.54, 1.807) is 49.4 Å². The number of alkyl halides is 3. The van der Waals surface area contributed by atoms with Gasteiger partial charge in [0.1, 0.15) is 12.4 Å². The molecule has 25 heavy (non-hydrogen) atoms. The lowest BCUT2D eigenvalue weighted by atomic mass is 9.93. The summed E-state index contributed by atoms with van der Waals surface area (Å²) in [5.74, 6) is 0.211. The van der Waals surface area contributed by atoms with Crippen molar-refractivity contribution in [1.82, 2.24) is 0 Å². The predicted molar refractivity (Wildman–Crippen MR) is 91.8 cm³/mol. The molecule has 1 aromatic carbocycles. The molecule has 0 fully saturated rings. The Kier molecular flexibility index (Phi) is 6.62. The number of hydrogen-bond donors (Lipinski definition) is 0. The van der Waals surface area contributed by atoms with E-state index in [1.807, 2.05) is 6.08 Å². The summed E-state index contributed by atoms with van der Waals surface area (Å²) in [4.78, 5) is 12.7. The minimum atomic E-state index is -4.30. The molecule has 0 bridgehead atoms. The van der Waals surface area contributed by atoms with Crippen molar-refractivity contribution in [3.63, 3.8) is 0 Å². The van der Waals surface area contributed by atoms with Crippen LogP contribution in [0.25, 0.3) is 0 Å². The van der Waals surface area contributed by atoms with Gasteiger partial charge >= 0.3 is 6.18 Å². The highest BCUT2D eigenvalue weighted by atomic mass is 19.4. The van der Waals surface area contributed by atoms with Crippen LogP contribution in [0.5, 0.6) is 5.75 Å². The molecule has 0 aromatic heterocycles. The largest absolute Gasteiger partial charge is 0.489 e. The van der Waals surface area contributed by atoms with E-state index in [9.17, 15) is 18.0 Å². The van der Waals surface area contributed by atoms with Crippen molar-refractivity contribution in [1.29, 1.82) is 0 Å². The number of fused-ring (bicyclic) bond motifs is 1. The van der Waals surface area contributed by atoms with Crippen LogP contribution in [0.15, 0.2) is 59.7 Å². The molecule has 0 aliphatic carbocycles. The number of para-hydroxylation sites is 1. The van der Waals surface area contributed by atoms with Gasteiger partial charge in [0, 0.05) is 6.42 Å². The summed E-state index contributed by atoms with van der Waals surface area (Å²) in [6.07, 6.45) is 2.25. The molecule has 5 heteroatoms. The summed E-state index contributed by atoms with van der Waals surface area (Å²) in [7, 11) is 0. The molecule has 0 saturated carbocycles. The molecule has 0 atom stereocenters. The number of carbonyl (C=O) groups is 1. The molecule has 0 spiro atoms. The number of ether oxygens (including phenoxy) is 1. The fourth-order valence-corrected chi connectivity index (χ4v) is 2.78. The van der Waals surface area contributed by atoms with Crippen molar-refractivity contribution in [3.8, 4) is 5.75 Å². The van der Waals surface area contributed by atoms with E-state index in [1.165, 1.54) is 0 Å². The van der Waals surface area contributed by atoms with E-state index in [0.717, 1.165) is 0 Å². The fraction of sp³-hybridized carbons (Fsp3) is 0.350. The Morgan fingerprint density at radius 2 is 1.96 bits per heavy atom. The Bertz CT molecular complexity index is 697. The molecule has 0 N–H and O–H groups in total. The topological polar surface area (TPSA) is 26.3 Å². The number of hydrogen-bond acceptors (Lipinski definition) is 2. The molecular formula is C20H21F3O2. The molecule has 1 aromatic rings. The van der Waals surface area contributed by atoms with Crippen molar-refractivity contribution >= 4 is 5.78 Å². The quantitative estimate of drug-likeness (QED) is 0.629. The Morgan fingerprint density at radius 1 is 1.20 bits per heavy atom. The van der Waals surface area contributed by atoms with E-state index in [0.29, 0.717) is 23.3 Å². The van der Waals surface area contributed by atoms with Crippen LogP contribution in [0, 0.1) is 0 Å². The van der Waals surface area contributed by atoms with Crippen LogP contribution in [-0.2, 0) is 0 Å². The van der Waals surface area contributed by atoms with Gasteiger partial charge in [-0.1, -0.05) is 42.0 Å². The van der Waals surface area contributed by atoms with Gasteiger partial charge in [0.2, 0.25) is 0 Å². The van der Waals surface area contributed by atoms with E-state index < -0.39 is 12.6 Å². The number of carbonyl (C=O) groups excluding carboxylic acids is 1. The van der Waals surface area contributed by atoms with Gasteiger partial charge in [0.15, 0.2) is 5.78 Å². The van der Waals surface area contributed by atoms with Gasteiger partial charge in [0.05, 0.1) is 12.0 Å². The van der Waals surface area contributed by atoms with Crippen molar-refractivity contribution < 1.29 is 22.7 Å². The maximum atomic E-state index is 13.0. The molecule has 1 aliphatic heterocycles. The third-order valence-electron chi connectivity index (χ3n) is 3.89. The average molecular weight is 350 g/mol. The standard InChI is InChI=1S/C20H21F3O2/c1-2-8-15-13-18(24)17-10-5-6-11-19(17)25-12-7-3-4-9-16(15)14-20(21,22)23/h2-3,5-8,10-11H,4,9,12-14H2,1H3/b7-3-,8-2-,16-15+. The molecule has 0 unspecified atom stereocenters. The van der Waals surface area contributed by atoms with Crippen LogP contribution < -0.4 is 4.74 Å². The third-order valence-corrected chi connectivity index (χ3v) is 3.89. The van der Waals surface area contributed by atoms with Crippen LogP contribution in [0.4, 0.5) is 13.2 Å². The van der Waals surface area contributed by atoms with E-state index in [2.05, 4.69) is 0 Å². The Hall–Kier alpha value is -2.30. The summed E-state index contributed by atoms with van der Waals surface area (Å²) < 4.78 is 44.5. The Labute approximate surface area is 145 Å². The van der Waals surface area contributed by atoms with Gasteiger partial charge in [-0.2, -0.15) is 13.2 Å². The van der Waals surface area contributed by atoms with Gasteiger partial charge in [-0.05, 0) is 37.5 Å². The zero-order valence-electron chi connectivity index (χ0n) is 14.1. The average Bonchev–Trinajstić information content (AvgIpc) is 2.54. The number of benzene rings is 1. The third kappa shape index (κ3) is 5.93. The molecular weight excluding hydrogens is 329 g/mol. The fourth-order valence-electron chi connectivity index (χ4n) is 2.78. The molecule has 1 aliphatic rings. The maximum Gasteiger partial charge on any atom is 0.392 e. The van der Waals surface area contributed by atoms with Crippen LogP contribution in [0.1, 0.15) is 43.0 Å². The highest BCUT2D eigenvalue weighted by molar-refractivity contribution is 6.00. The smallest absolute Gasteiger partial charge is 0.392 e. The number of rotatable bonds is 2. The first kappa shape index (κ1) is 19.0. The highest BCUT2D eigenvalue weighted by Crippen LogP contribution is 2.32. The number of Topliss-reactive ketones (excluding diaryl/α,β-unsaturated/α-hetero) is 1. The van der Waals surface area contributed by atoms with Gasteiger partial charge in [-0.15, -0.1) is 0 Å². The minimum absolute atomic E-state index is 0.0696. The van der Waals surface area contributed by atoms with Crippen molar-refractivity contribution in [2.75, 3.05) is 6.61 Å². The highest BCUT2D eigenvalue weighted by Gasteiger charge is 2.30. The molecule has 134 valence electrons. The minimum Gasteiger partial charge on any atom is -0.489 e. The normalized spacial score (nSPS) is 21.2. The summed E-state index contributed by atoms with van der Waals surface area (Å²) >= 11 is 0. The van der Waals surface area contributed by atoms with Crippen LogP contribution in [0.3, 0.4) is 0 Å². The monoisotopic (exact) mass is 350 g/mol. The number of allylic oxidation sites excluding steroid dienone is 5. The summed E-state index contributed by atoms with van der Waals surface area (Å²) in [6, 6.07) is 6.82. The first-order valence-electron chi connectivity index (χ1n) is 8.21. The van der Waals surface area contributed by atoms with E-state index in [4.69, 9.17) is 4.74 Å². The SMILES string of the molecule is C/C=C\C1=C(/CC(F)(F)F)CC/C=C\COc2ccccc2C(=O)C1. The van der Waals surface area contributed by atoms with Gasteiger partial charge in [-0.3, -0.25) is 4.79 Å². The van der Waals surface area contributed by atoms with Crippen LogP contribution >= 0.6 is 0 Å². The first-order valence-corrected chi connectivity index (χ1v) is 8.21. The lowest BCUT2D eigenvalue weighted by Crippen LogP contribution is -2.12. The first-order chi connectivity index (χ1) is 11.9. The second-order valence-corrected chi connectivity index (χ2v) is 5.84. The lowest BCUT2D eigenvalue weighted by molar-refractivity contribution is -0.127. The second kappa shape index (κ2) is 8.70. The Morgan fingerprint density at radius 3 is 2.68 bits per heavy atom. The van der Waals surface area contributed by atoms with Crippen molar-refractivity contribution in [2.24, 2.45) is 0 Å². The Balaban J connectivity index is 2.45. The maximum absolute atomic E-state index is 13.0. The van der Waals surface area contributed by atoms with E-state index >= 15 is 0 Å². The van der Waals surface area contributed by atoms with Crippen LogP contribution in [0.2, 0.25) is 0 Å². The molecule has 0 radical (unpaired) electrons. The summed E-state index contributed by atoms with van der Waals surface area (Å²) in [5, 5.41) is 0. The van der Waals surface area contributed by atoms with Crippen molar-refractivity contribution in [3.05, 3.63) is 65.3 Å².